The minimum absolute atomic E-state index is 0.0311. The molecule has 1 heterocycles. The van der Waals surface area contributed by atoms with E-state index in [1.165, 1.54) is 5.56 Å². The van der Waals surface area contributed by atoms with Crippen LogP contribution in [-0.2, 0) is 4.79 Å². The second-order valence-electron chi connectivity index (χ2n) is 5.94. The van der Waals surface area contributed by atoms with E-state index in [9.17, 15) is 9.59 Å². The summed E-state index contributed by atoms with van der Waals surface area (Å²) in [6.07, 6.45) is 0.461. The maximum Gasteiger partial charge on any atom is 0.254 e. The summed E-state index contributed by atoms with van der Waals surface area (Å²) < 4.78 is 0. The number of ketones is 1. The molecule has 1 amide bonds. The standard InChI is InChI=1S/C16H21NO2/c1-10-8-12(3)13(9-11(10)2)15(19)17-7-6-14(18)16(17,4)5/h8-9H,6-7H2,1-5H3. The molecule has 3 heteroatoms. The molecule has 1 aromatic carbocycles. The lowest BCUT2D eigenvalue weighted by Crippen LogP contribution is -2.46. The average Bonchev–Trinajstić information content (AvgIpc) is 2.58. The highest BCUT2D eigenvalue weighted by Crippen LogP contribution is 2.28. The molecular formula is C16H21NO2. The van der Waals surface area contributed by atoms with Crippen molar-refractivity contribution in [3.8, 4) is 0 Å². The van der Waals surface area contributed by atoms with Gasteiger partial charge in [-0.15, -0.1) is 0 Å². The van der Waals surface area contributed by atoms with Crippen molar-refractivity contribution in [3.05, 3.63) is 34.4 Å². The van der Waals surface area contributed by atoms with Gasteiger partial charge in [0.25, 0.3) is 5.91 Å². The lowest BCUT2D eigenvalue weighted by molar-refractivity contribution is -0.123. The van der Waals surface area contributed by atoms with Crippen LogP contribution in [0.3, 0.4) is 0 Å². The molecule has 3 nitrogen and oxygen atoms in total. The second kappa shape index (κ2) is 4.48. The molecule has 0 saturated carbocycles. The number of hydrogen-bond donors (Lipinski definition) is 0. The number of hydrogen-bond acceptors (Lipinski definition) is 2. The fourth-order valence-corrected chi connectivity index (χ4v) is 2.64. The number of nitrogens with zero attached hydrogens (tertiary/aromatic N) is 1. The first kappa shape index (κ1) is 13.8. The lowest BCUT2D eigenvalue weighted by Gasteiger charge is -2.30. The molecule has 1 aliphatic heterocycles. The van der Waals surface area contributed by atoms with Crippen LogP contribution in [0.15, 0.2) is 12.1 Å². The van der Waals surface area contributed by atoms with Crippen LogP contribution in [0.4, 0.5) is 0 Å². The van der Waals surface area contributed by atoms with Crippen molar-refractivity contribution in [3.63, 3.8) is 0 Å². The first-order chi connectivity index (χ1) is 8.75. The summed E-state index contributed by atoms with van der Waals surface area (Å²) in [7, 11) is 0. The summed E-state index contributed by atoms with van der Waals surface area (Å²) in [5, 5.41) is 0. The Labute approximate surface area is 114 Å². The molecule has 0 bridgehead atoms. The summed E-state index contributed by atoms with van der Waals surface area (Å²) >= 11 is 0. The van der Waals surface area contributed by atoms with Crippen molar-refractivity contribution in [1.82, 2.24) is 4.90 Å². The summed E-state index contributed by atoms with van der Waals surface area (Å²) in [5.41, 5.74) is 3.31. The van der Waals surface area contributed by atoms with Crippen LogP contribution >= 0.6 is 0 Å². The number of likely N-dealkylation sites (tertiary alicyclic amines) is 1. The SMILES string of the molecule is Cc1cc(C)c(C(=O)N2CCC(=O)C2(C)C)cc1C. The first-order valence-electron chi connectivity index (χ1n) is 6.68. The Morgan fingerprint density at radius 1 is 1.11 bits per heavy atom. The van der Waals surface area contributed by atoms with E-state index in [2.05, 4.69) is 0 Å². The van der Waals surface area contributed by atoms with Crippen molar-refractivity contribution in [1.29, 1.82) is 0 Å². The van der Waals surface area contributed by atoms with Gasteiger partial charge in [-0.3, -0.25) is 9.59 Å². The third-order valence-electron chi connectivity index (χ3n) is 4.24. The van der Waals surface area contributed by atoms with Crippen molar-refractivity contribution < 1.29 is 9.59 Å². The monoisotopic (exact) mass is 259 g/mol. The minimum Gasteiger partial charge on any atom is -0.326 e. The Morgan fingerprint density at radius 3 is 2.21 bits per heavy atom. The summed E-state index contributed by atoms with van der Waals surface area (Å²) in [4.78, 5) is 26.2. The maximum absolute atomic E-state index is 12.7. The average molecular weight is 259 g/mol. The Kier molecular flexibility index (Phi) is 3.25. The van der Waals surface area contributed by atoms with Crippen molar-refractivity contribution >= 4 is 11.7 Å². The third-order valence-corrected chi connectivity index (χ3v) is 4.24. The summed E-state index contributed by atoms with van der Waals surface area (Å²) in [6, 6.07) is 3.97. The van der Waals surface area contributed by atoms with Gasteiger partial charge in [0.05, 0.1) is 5.54 Å². The Bertz CT molecular complexity index is 558. The van der Waals surface area contributed by atoms with Crippen LogP contribution in [0.1, 0.15) is 47.3 Å². The molecule has 102 valence electrons. The number of benzene rings is 1. The van der Waals surface area contributed by atoms with E-state index in [4.69, 9.17) is 0 Å². The zero-order valence-electron chi connectivity index (χ0n) is 12.3. The van der Waals surface area contributed by atoms with E-state index in [1.54, 1.807) is 4.90 Å². The van der Waals surface area contributed by atoms with Crippen LogP contribution in [0.5, 0.6) is 0 Å². The Morgan fingerprint density at radius 2 is 1.68 bits per heavy atom. The van der Waals surface area contributed by atoms with Gasteiger partial charge in [-0.25, -0.2) is 0 Å². The highest BCUT2D eigenvalue weighted by molar-refractivity contribution is 6.02. The Balaban J connectivity index is 2.41. The molecule has 0 spiro atoms. The number of Topliss-reactive ketones (excluding diaryl/α,β-unsaturated/α-hetero) is 1. The van der Waals surface area contributed by atoms with Gasteiger partial charge in [0.15, 0.2) is 5.78 Å². The van der Waals surface area contributed by atoms with E-state index >= 15 is 0 Å². The first-order valence-corrected chi connectivity index (χ1v) is 6.68. The van der Waals surface area contributed by atoms with Crippen molar-refractivity contribution in [2.75, 3.05) is 6.54 Å². The normalized spacial score (nSPS) is 17.9. The molecule has 0 N–H and O–H groups in total. The molecular weight excluding hydrogens is 238 g/mol. The number of carbonyl (C=O) groups is 2. The fourth-order valence-electron chi connectivity index (χ4n) is 2.64. The second-order valence-corrected chi connectivity index (χ2v) is 5.94. The number of rotatable bonds is 1. The third kappa shape index (κ3) is 2.18. The van der Waals surface area contributed by atoms with Crippen LogP contribution in [-0.4, -0.2) is 28.7 Å². The van der Waals surface area contributed by atoms with E-state index in [0.29, 0.717) is 18.5 Å². The largest absolute Gasteiger partial charge is 0.326 e. The highest BCUT2D eigenvalue weighted by atomic mass is 16.2. The van der Waals surface area contributed by atoms with Gasteiger partial charge in [0, 0.05) is 18.5 Å². The molecule has 1 saturated heterocycles. The molecule has 1 aromatic rings. The van der Waals surface area contributed by atoms with Gasteiger partial charge in [0.2, 0.25) is 0 Å². The highest BCUT2D eigenvalue weighted by Gasteiger charge is 2.43. The molecule has 1 fully saturated rings. The van der Waals surface area contributed by atoms with Crippen LogP contribution in [0.2, 0.25) is 0 Å². The number of carbonyl (C=O) groups excluding carboxylic acids is 2. The van der Waals surface area contributed by atoms with Crippen LogP contribution in [0.25, 0.3) is 0 Å². The van der Waals surface area contributed by atoms with Gasteiger partial charge < -0.3 is 4.90 Å². The molecule has 0 aromatic heterocycles. The lowest BCUT2D eigenvalue weighted by atomic mass is 9.97. The molecule has 0 atom stereocenters. The predicted octanol–water partition coefficient (Wildman–Crippen LogP) is 2.81. The smallest absolute Gasteiger partial charge is 0.254 e. The molecule has 0 aliphatic carbocycles. The quantitative estimate of drug-likeness (QED) is 0.777. The fraction of sp³-hybridized carbons (Fsp3) is 0.500. The molecule has 19 heavy (non-hydrogen) atoms. The van der Waals surface area contributed by atoms with E-state index in [-0.39, 0.29) is 11.7 Å². The molecule has 0 unspecified atom stereocenters. The van der Waals surface area contributed by atoms with Crippen LogP contribution < -0.4 is 0 Å². The Hall–Kier alpha value is -1.64. The van der Waals surface area contributed by atoms with Crippen LogP contribution in [0, 0.1) is 20.8 Å². The van der Waals surface area contributed by atoms with Gasteiger partial charge >= 0.3 is 0 Å². The van der Waals surface area contributed by atoms with E-state index in [0.717, 1.165) is 11.1 Å². The van der Waals surface area contributed by atoms with E-state index < -0.39 is 5.54 Å². The molecule has 0 radical (unpaired) electrons. The minimum atomic E-state index is -0.678. The van der Waals surface area contributed by atoms with E-state index in [1.807, 2.05) is 46.8 Å². The zero-order valence-corrected chi connectivity index (χ0v) is 12.3. The van der Waals surface area contributed by atoms with Crippen molar-refractivity contribution in [2.45, 2.75) is 46.6 Å². The van der Waals surface area contributed by atoms with Gasteiger partial charge in [-0.05, 0) is 57.4 Å². The van der Waals surface area contributed by atoms with Gasteiger partial charge in [-0.1, -0.05) is 6.07 Å². The number of aryl methyl sites for hydroxylation is 3. The molecule has 1 aliphatic rings. The van der Waals surface area contributed by atoms with Crippen molar-refractivity contribution in [2.24, 2.45) is 0 Å². The van der Waals surface area contributed by atoms with Gasteiger partial charge in [0.1, 0.15) is 0 Å². The molecule has 2 rings (SSSR count). The summed E-state index contributed by atoms with van der Waals surface area (Å²) in [5.74, 6) is 0.110. The topological polar surface area (TPSA) is 37.4 Å². The number of amides is 1. The predicted molar refractivity (Wildman–Crippen MR) is 75.4 cm³/mol. The van der Waals surface area contributed by atoms with Gasteiger partial charge in [-0.2, -0.15) is 0 Å². The maximum atomic E-state index is 12.7. The zero-order chi connectivity index (χ0) is 14.4. The summed E-state index contributed by atoms with van der Waals surface area (Å²) in [6.45, 7) is 10.2.